The van der Waals surface area contributed by atoms with Crippen LogP contribution in [0.5, 0.6) is 0 Å². The third kappa shape index (κ3) is 3.96. The van der Waals surface area contributed by atoms with Crippen LogP contribution < -0.4 is 0 Å². The van der Waals surface area contributed by atoms with Gasteiger partial charge in [0.1, 0.15) is 11.9 Å². The van der Waals surface area contributed by atoms with E-state index in [4.69, 9.17) is 4.42 Å². The molecule has 2 aromatic heterocycles. The summed E-state index contributed by atoms with van der Waals surface area (Å²) in [5.41, 5.74) is 1.10. The molecule has 0 bridgehead atoms. The summed E-state index contributed by atoms with van der Waals surface area (Å²) in [5, 5.41) is 10.4. The molecule has 2 aromatic rings. The van der Waals surface area contributed by atoms with Gasteiger partial charge in [-0.25, -0.2) is 0 Å². The summed E-state index contributed by atoms with van der Waals surface area (Å²) in [6, 6.07) is 10.1. The van der Waals surface area contributed by atoms with Gasteiger partial charge in [0.25, 0.3) is 0 Å². The fourth-order valence-corrected chi connectivity index (χ4v) is 3.27. The highest BCUT2D eigenvalue weighted by atomic mass is 16.4. The van der Waals surface area contributed by atoms with Gasteiger partial charge in [-0.15, -0.1) is 0 Å². The average Bonchev–Trinajstić information content (AvgIpc) is 3.00. The molecular formula is C18H24N2O2. The predicted octanol–water partition coefficient (Wildman–Crippen LogP) is 3.54. The van der Waals surface area contributed by atoms with Gasteiger partial charge < -0.3 is 9.52 Å². The SMILES string of the molecule is OC(CC1CCCCCN1Cc1ccccn1)c1ccco1. The van der Waals surface area contributed by atoms with Gasteiger partial charge in [0.2, 0.25) is 0 Å². The maximum atomic E-state index is 10.4. The number of aliphatic hydroxyl groups excluding tert-OH is 1. The Labute approximate surface area is 131 Å². The number of furan rings is 1. The highest BCUT2D eigenvalue weighted by molar-refractivity contribution is 5.05. The van der Waals surface area contributed by atoms with Crippen molar-refractivity contribution in [1.29, 1.82) is 0 Å². The monoisotopic (exact) mass is 300 g/mol. The van der Waals surface area contributed by atoms with Crippen LogP contribution in [0.1, 0.15) is 49.7 Å². The number of likely N-dealkylation sites (tertiary alicyclic amines) is 1. The minimum Gasteiger partial charge on any atom is -0.467 e. The number of pyridine rings is 1. The van der Waals surface area contributed by atoms with Crippen LogP contribution in [0.15, 0.2) is 47.2 Å². The van der Waals surface area contributed by atoms with Crippen LogP contribution in [0.2, 0.25) is 0 Å². The lowest BCUT2D eigenvalue weighted by Gasteiger charge is -2.30. The lowest BCUT2D eigenvalue weighted by Crippen LogP contribution is -2.35. The normalized spacial score (nSPS) is 21.4. The zero-order valence-corrected chi connectivity index (χ0v) is 12.9. The van der Waals surface area contributed by atoms with Crippen molar-refractivity contribution in [2.75, 3.05) is 6.54 Å². The van der Waals surface area contributed by atoms with Crippen LogP contribution in [-0.4, -0.2) is 27.6 Å². The van der Waals surface area contributed by atoms with E-state index >= 15 is 0 Å². The smallest absolute Gasteiger partial charge is 0.132 e. The van der Waals surface area contributed by atoms with Crippen LogP contribution in [0.4, 0.5) is 0 Å². The molecule has 0 aromatic carbocycles. The summed E-state index contributed by atoms with van der Waals surface area (Å²) in [4.78, 5) is 6.92. The van der Waals surface area contributed by atoms with E-state index in [0.29, 0.717) is 11.8 Å². The molecule has 0 saturated carbocycles. The van der Waals surface area contributed by atoms with Gasteiger partial charge in [-0.1, -0.05) is 18.9 Å². The molecule has 2 unspecified atom stereocenters. The van der Waals surface area contributed by atoms with Crippen molar-refractivity contribution in [2.24, 2.45) is 0 Å². The molecular weight excluding hydrogens is 276 g/mol. The van der Waals surface area contributed by atoms with E-state index < -0.39 is 6.10 Å². The van der Waals surface area contributed by atoms with Gasteiger partial charge in [-0.3, -0.25) is 9.88 Å². The van der Waals surface area contributed by atoms with Crippen molar-refractivity contribution in [3.63, 3.8) is 0 Å². The molecule has 0 spiro atoms. The van der Waals surface area contributed by atoms with Crippen LogP contribution in [-0.2, 0) is 6.54 Å². The third-order valence-corrected chi connectivity index (χ3v) is 4.46. The van der Waals surface area contributed by atoms with Crippen LogP contribution in [0.25, 0.3) is 0 Å². The highest BCUT2D eigenvalue weighted by Gasteiger charge is 2.25. The van der Waals surface area contributed by atoms with Crippen LogP contribution in [0.3, 0.4) is 0 Å². The summed E-state index contributed by atoms with van der Waals surface area (Å²) in [5.74, 6) is 0.669. The molecule has 4 nitrogen and oxygen atoms in total. The van der Waals surface area contributed by atoms with E-state index in [2.05, 4.69) is 16.0 Å². The summed E-state index contributed by atoms with van der Waals surface area (Å²) < 4.78 is 5.34. The highest BCUT2D eigenvalue weighted by Crippen LogP contribution is 2.27. The summed E-state index contributed by atoms with van der Waals surface area (Å²) >= 11 is 0. The standard InChI is InChI=1S/C18H24N2O2/c21-17(18-9-6-12-22-18)13-16-8-2-1-5-11-20(16)14-15-7-3-4-10-19-15/h3-4,6-7,9-10,12,16-17,21H,1-2,5,8,11,13-14H2. The van der Waals surface area contributed by atoms with E-state index in [0.717, 1.165) is 31.6 Å². The molecule has 0 amide bonds. The lowest BCUT2D eigenvalue weighted by atomic mass is 10.0. The molecule has 118 valence electrons. The summed E-state index contributed by atoms with van der Waals surface area (Å²) in [6.07, 6.45) is 8.52. The second-order valence-corrected chi connectivity index (χ2v) is 6.06. The Bertz CT molecular complexity index is 541. The number of aromatic nitrogens is 1. The Balaban J connectivity index is 1.67. The maximum Gasteiger partial charge on any atom is 0.132 e. The predicted molar refractivity (Wildman–Crippen MR) is 85.2 cm³/mol. The van der Waals surface area contributed by atoms with Gasteiger partial charge in [0.05, 0.1) is 12.0 Å². The third-order valence-electron chi connectivity index (χ3n) is 4.46. The largest absolute Gasteiger partial charge is 0.467 e. The Morgan fingerprint density at radius 1 is 1.23 bits per heavy atom. The van der Waals surface area contributed by atoms with Gasteiger partial charge in [-0.2, -0.15) is 0 Å². The summed E-state index contributed by atoms with van der Waals surface area (Å²) in [7, 11) is 0. The molecule has 1 N–H and O–H groups in total. The Hall–Kier alpha value is -1.65. The fraction of sp³-hybridized carbons (Fsp3) is 0.500. The van der Waals surface area contributed by atoms with Crippen molar-refractivity contribution in [3.05, 3.63) is 54.2 Å². The van der Waals surface area contributed by atoms with Crippen molar-refractivity contribution in [3.8, 4) is 0 Å². The molecule has 1 fully saturated rings. The molecule has 3 rings (SSSR count). The Morgan fingerprint density at radius 2 is 2.18 bits per heavy atom. The first-order valence-corrected chi connectivity index (χ1v) is 8.18. The Kier molecular flexibility index (Phi) is 5.24. The second kappa shape index (κ2) is 7.56. The molecule has 3 heterocycles. The van der Waals surface area contributed by atoms with E-state index in [1.54, 1.807) is 6.26 Å². The number of rotatable bonds is 5. The molecule has 1 saturated heterocycles. The lowest BCUT2D eigenvalue weighted by molar-refractivity contribution is 0.0825. The van der Waals surface area contributed by atoms with Gasteiger partial charge >= 0.3 is 0 Å². The molecule has 0 radical (unpaired) electrons. The van der Waals surface area contributed by atoms with E-state index in [1.165, 1.54) is 19.3 Å². The first kappa shape index (κ1) is 15.3. The quantitative estimate of drug-likeness (QED) is 0.917. The zero-order chi connectivity index (χ0) is 15.2. The van der Waals surface area contributed by atoms with Crippen molar-refractivity contribution in [1.82, 2.24) is 9.88 Å². The summed E-state index contributed by atoms with van der Waals surface area (Å²) in [6.45, 7) is 1.93. The molecule has 0 aliphatic carbocycles. The minimum atomic E-state index is -0.524. The van der Waals surface area contributed by atoms with Gasteiger partial charge in [-0.05, 0) is 50.1 Å². The van der Waals surface area contributed by atoms with Crippen LogP contribution >= 0.6 is 0 Å². The minimum absolute atomic E-state index is 0.379. The second-order valence-electron chi connectivity index (χ2n) is 6.06. The van der Waals surface area contributed by atoms with Crippen molar-refractivity contribution >= 4 is 0 Å². The fourth-order valence-electron chi connectivity index (χ4n) is 3.27. The molecule has 2 atom stereocenters. The molecule has 1 aliphatic rings. The number of aliphatic hydroxyl groups is 1. The van der Waals surface area contributed by atoms with Crippen molar-refractivity contribution < 1.29 is 9.52 Å². The zero-order valence-electron chi connectivity index (χ0n) is 12.9. The first-order valence-electron chi connectivity index (χ1n) is 8.18. The van der Waals surface area contributed by atoms with E-state index in [1.807, 2.05) is 30.5 Å². The van der Waals surface area contributed by atoms with Crippen molar-refractivity contribution in [2.45, 2.75) is 50.8 Å². The molecule has 22 heavy (non-hydrogen) atoms. The maximum absolute atomic E-state index is 10.4. The Morgan fingerprint density at radius 3 is 2.95 bits per heavy atom. The number of nitrogens with zero attached hydrogens (tertiary/aromatic N) is 2. The topological polar surface area (TPSA) is 49.5 Å². The van der Waals surface area contributed by atoms with E-state index in [9.17, 15) is 5.11 Å². The molecule has 4 heteroatoms. The number of hydrogen-bond acceptors (Lipinski definition) is 4. The first-order chi connectivity index (χ1) is 10.8. The number of hydrogen-bond donors (Lipinski definition) is 1. The van der Waals surface area contributed by atoms with Gasteiger partial charge in [0.15, 0.2) is 0 Å². The van der Waals surface area contributed by atoms with E-state index in [-0.39, 0.29) is 0 Å². The van der Waals surface area contributed by atoms with Crippen LogP contribution in [0, 0.1) is 0 Å². The average molecular weight is 300 g/mol. The molecule has 1 aliphatic heterocycles. The van der Waals surface area contributed by atoms with Gasteiger partial charge in [0, 0.05) is 18.8 Å².